The summed E-state index contributed by atoms with van der Waals surface area (Å²) in [7, 11) is 0. The Balaban J connectivity index is 1.86. The van der Waals surface area contributed by atoms with Crippen molar-refractivity contribution in [3.63, 3.8) is 0 Å². The van der Waals surface area contributed by atoms with Gasteiger partial charge in [-0.2, -0.15) is 0 Å². The number of para-hydroxylation sites is 2. The highest BCUT2D eigenvalue weighted by atomic mass is 16.6. The van der Waals surface area contributed by atoms with Crippen molar-refractivity contribution in [3.8, 4) is 5.69 Å². The molecule has 0 aliphatic carbocycles. The van der Waals surface area contributed by atoms with Crippen LogP contribution in [0.2, 0.25) is 0 Å². The predicted molar refractivity (Wildman–Crippen MR) is 106 cm³/mol. The molecule has 1 N–H and O–H groups in total. The molecule has 1 atom stereocenters. The van der Waals surface area contributed by atoms with E-state index in [4.69, 9.17) is 0 Å². The van der Waals surface area contributed by atoms with Crippen molar-refractivity contribution in [3.05, 3.63) is 100 Å². The van der Waals surface area contributed by atoms with E-state index in [2.05, 4.69) is 47.1 Å². The molecule has 1 aliphatic rings. The van der Waals surface area contributed by atoms with Gasteiger partial charge in [0.15, 0.2) is 0 Å². The summed E-state index contributed by atoms with van der Waals surface area (Å²) in [6.45, 7) is 2.15. The Labute approximate surface area is 156 Å². The average molecular weight is 355 g/mol. The maximum atomic E-state index is 11.2. The van der Waals surface area contributed by atoms with E-state index in [1.54, 1.807) is 12.1 Å². The van der Waals surface area contributed by atoms with Gasteiger partial charge in [-0.3, -0.25) is 10.1 Å². The lowest BCUT2D eigenvalue weighted by molar-refractivity contribution is -0.384. The van der Waals surface area contributed by atoms with Crippen molar-refractivity contribution >= 4 is 22.3 Å². The van der Waals surface area contributed by atoms with E-state index in [0.717, 1.165) is 33.5 Å². The van der Waals surface area contributed by atoms with Gasteiger partial charge in [0, 0.05) is 17.5 Å². The molecule has 5 nitrogen and oxygen atoms in total. The van der Waals surface area contributed by atoms with E-state index >= 15 is 0 Å². The summed E-state index contributed by atoms with van der Waals surface area (Å²) in [5, 5.41) is 15.8. The summed E-state index contributed by atoms with van der Waals surface area (Å²) in [5.74, 6) is 0. The molecule has 0 saturated carbocycles. The van der Waals surface area contributed by atoms with Crippen LogP contribution in [0.4, 0.5) is 11.4 Å². The van der Waals surface area contributed by atoms with Gasteiger partial charge in [-0.1, -0.05) is 42.5 Å². The minimum absolute atomic E-state index is 0.105. The van der Waals surface area contributed by atoms with Crippen LogP contribution in [-0.4, -0.2) is 9.49 Å². The number of fused-ring (bicyclic) bond motifs is 5. The van der Waals surface area contributed by atoms with Crippen LogP contribution in [0.5, 0.6) is 0 Å². The zero-order valence-electron chi connectivity index (χ0n) is 14.7. The van der Waals surface area contributed by atoms with Crippen molar-refractivity contribution in [2.45, 2.75) is 12.5 Å². The Hall–Kier alpha value is -3.60. The maximum Gasteiger partial charge on any atom is 0.270 e. The second-order valence-electron chi connectivity index (χ2n) is 7.00. The van der Waals surface area contributed by atoms with Gasteiger partial charge in [0.05, 0.1) is 27.5 Å². The molecule has 0 amide bonds. The van der Waals surface area contributed by atoms with Crippen LogP contribution in [0.25, 0.3) is 16.6 Å². The molecule has 0 radical (unpaired) electrons. The lowest BCUT2D eigenvalue weighted by Crippen LogP contribution is -2.38. The van der Waals surface area contributed by atoms with Crippen LogP contribution >= 0.6 is 0 Å². The Morgan fingerprint density at radius 2 is 1.70 bits per heavy atom. The minimum atomic E-state index is -0.455. The lowest BCUT2D eigenvalue weighted by Gasteiger charge is -2.39. The monoisotopic (exact) mass is 355 g/mol. The molecule has 2 heterocycles. The number of aromatic nitrogens is 1. The van der Waals surface area contributed by atoms with Crippen LogP contribution in [0.3, 0.4) is 0 Å². The maximum absolute atomic E-state index is 11.2. The summed E-state index contributed by atoms with van der Waals surface area (Å²) in [5.41, 5.74) is 4.89. The molecule has 132 valence electrons. The molecule has 3 aromatic carbocycles. The summed E-state index contributed by atoms with van der Waals surface area (Å²) in [6, 6.07) is 25.5. The summed E-state index contributed by atoms with van der Waals surface area (Å²) >= 11 is 0. The Morgan fingerprint density at radius 3 is 2.48 bits per heavy atom. The summed E-state index contributed by atoms with van der Waals surface area (Å²) in [4.78, 5) is 10.9. The zero-order chi connectivity index (χ0) is 18.6. The van der Waals surface area contributed by atoms with E-state index in [1.807, 2.05) is 36.4 Å². The topological polar surface area (TPSA) is 60.1 Å². The number of nitro groups is 1. The Kier molecular flexibility index (Phi) is 3.15. The van der Waals surface area contributed by atoms with Gasteiger partial charge in [0.2, 0.25) is 0 Å². The lowest BCUT2D eigenvalue weighted by atomic mass is 9.86. The van der Waals surface area contributed by atoms with Crippen LogP contribution in [0.1, 0.15) is 18.2 Å². The van der Waals surface area contributed by atoms with Crippen LogP contribution in [0.15, 0.2) is 78.9 Å². The van der Waals surface area contributed by atoms with Gasteiger partial charge >= 0.3 is 0 Å². The van der Waals surface area contributed by atoms with Gasteiger partial charge < -0.3 is 9.88 Å². The summed E-state index contributed by atoms with van der Waals surface area (Å²) < 4.78 is 2.21. The second kappa shape index (κ2) is 5.45. The first kappa shape index (κ1) is 15.6. The van der Waals surface area contributed by atoms with E-state index in [-0.39, 0.29) is 10.6 Å². The average Bonchev–Trinajstić information content (AvgIpc) is 3.09. The number of non-ortho nitro benzene ring substituents is 1. The number of nitro benzene ring substituents is 1. The third-order valence-corrected chi connectivity index (χ3v) is 5.39. The fraction of sp³-hybridized carbons (Fsp3) is 0.0909. The number of hydrogen-bond acceptors (Lipinski definition) is 3. The number of nitrogens with zero attached hydrogens (tertiary/aromatic N) is 2. The quantitative estimate of drug-likeness (QED) is 0.396. The summed E-state index contributed by atoms with van der Waals surface area (Å²) in [6.07, 6.45) is 0. The van der Waals surface area contributed by atoms with Gasteiger partial charge in [-0.15, -0.1) is 0 Å². The van der Waals surface area contributed by atoms with Crippen molar-refractivity contribution in [2.24, 2.45) is 0 Å². The smallest absolute Gasteiger partial charge is 0.270 e. The van der Waals surface area contributed by atoms with Crippen molar-refractivity contribution in [1.29, 1.82) is 0 Å². The standard InChI is InChI=1S/C22H17N3O2/c1-22(16-7-3-2-4-8-16)21-14-15-13-17(25(26)27)11-12-19(15)24(21)20-10-6-5-9-18(20)23-22/h2-14,23H,1H3. The highest BCUT2D eigenvalue weighted by molar-refractivity contribution is 5.89. The van der Waals surface area contributed by atoms with Crippen LogP contribution in [0, 0.1) is 10.1 Å². The minimum Gasteiger partial charge on any atom is -0.369 e. The number of benzene rings is 3. The van der Waals surface area contributed by atoms with Crippen molar-refractivity contribution < 1.29 is 4.92 Å². The van der Waals surface area contributed by atoms with Gasteiger partial charge in [-0.25, -0.2) is 0 Å². The zero-order valence-corrected chi connectivity index (χ0v) is 14.7. The first-order chi connectivity index (χ1) is 13.1. The van der Waals surface area contributed by atoms with Gasteiger partial charge in [0.25, 0.3) is 5.69 Å². The molecule has 0 saturated heterocycles. The van der Waals surface area contributed by atoms with E-state index < -0.39 is 5.54 Å². The van der Waals surface area contributed by atoms with Crippen LogP contribution < -0.4 is 5.32 Å². The number of hydrogen-bond donors (Lipinski definition) is 1. The normalized spacial score (nSPS) is 17.8. The molecule has 5 heteroatoms. The van der Waals surface area contributed by atoms with Crippen molar-refractivity contribution in [2.75, 3.05) is 5.32 Å². The van der Waals surface area contributed by atoms with E-state index in [1.165, 1.54) is 0 Å². The Morgan fingerprint density at radius 1 is 0.963 bits per heavy atom. The molecule has 0 fully saturated rings. The number of nitrogens with one attached hydrogen (secondary N) is 1. The molecule has 1 aliphatic heterocycles. The molecule has 1 aromatic heterocycles. The molecule has 0 bridgehead atoms. The molecular weight excluding hydrogens is 338 g/mol. The highest BCUT2D eigenvalue weighted by Gasteiger charge is 2.37. The molecular formula is C22H17N3O2. The van der Waals surface area contributed by atoms with Gasteiger partial charge in [-0.05, 0) is 36.8 Å². The first-order valence-corrected chi connectivity index (χ1v) is 8.81. The SMILES string of the molecule is CC1(c2ccccc2)Nc2ccccc2-n2c1cc1cc([N+](=O)[O-])ccc12. The second-order valence-corrected chi connectivity index (χ2v) is 7.00. The largest absolute Gasteiger partial charge is 0.369 e. The van der Waals surface area contributed by atoms with Gasteiger partial charge in [0.1, 0.15) is 5.54 Å². The highest BCUT2D eigenvalue weighted by Crippen LogP contribution is 2.44. The Bertz CT molecular complexity index is 1200. The first-order valence-electron chi connectivity index (χ1n) is 8.81. The predicted octanol–water partition coefficient (Wildman–Crippen LogP) is 5.23. The fourth-order valence-electron chi connectivity index (χ4n) is 4.04. The fourth-order valence-corrected chi connectivity index (χ4v) is 4.04. The molecule has 4 aromatic rings. The number of rotatable bonds is 2. The van der Waals surface area contributed by atoms with E-state index in [9.17, 15) is 10.1 Å². The van der Waals surface area contributed by atoms with Crippen molar-refractivity contribution in [1.82, 2.24) is 4.57 Å². The molecule has 0 spiro atoms. The third-order valence-electron chi connectivity index (χ3n) is 5.39. The van der Waals surface area contributed by atoms with E-state index in [0.29, 0.717) is 0 Å². The number of anilines is 1. The van der Waals surface area contributed by atoms with Crippen LogP contribution in [-0.2, 0) is 5.54 Å². The molecule has 5 rings (SSSR count). The molecule has 1 unspecified atom stereocenters. The third kappa shape index (κ3) is 2.18. The molecule has 27 heavy (non-hydrogen) atoms.